The Hall–Kier alpha value is -0.110. The van der Waals surface area contributed by atoms with Gasteiger partial charge in [0.2, 0.25) is 10.0 Å². The van der Waals surface area contributed by atoms with E-state index in [0.29, 0.717) is 32.0 Å². The minimum Gasteiger partial charge on any atom is -0.399 e. The van der Waals surface area contributed by atoms with Gasteiger partial charge in [-0.15, -0.1) is 0 Å². The lowest BCUT2D eigenvalue weighted by Gasteiger charge is -2.23. The fraction of sp³-hybridized carbons (Fsp3) is 0.538. The van der Waals surface area contributed by atoms with Gasteiger partial charge in [-0.2, -0.15) is 4.31 Å². The van der Waals surface area contributed by atoms with Gasteiger partial charge in [-0.3, -0.25) is 0 Å². The molecule has 20 heavy (non-hydrogen) atoms. The summed E-state index contributed by atoms with van der Waals surface area (Å²) in [4.78, 5) is 0.291. The number of rotatable bonds is 5. The first-order valence-electron chi connectivity index (χ1n) is 6.66. The number of nitrogen functional groups attached to an aromatic ring is 1. The van der Waals surface area contributed by atoms with E-state index in [9.17, 15) is 8.42 Å². The molecule has 2 aliphatic rings. The second kappa shape index (κ2) is 5.26. The molecule has 2 aliphatic carbocycles. The number of nitrogens with two attached hydrogens (primary N) is 1. The van der Waals surface area contributed by atoms with Crippen molar-refractivity contribution in [3.8, 4) is 0 Å². The molecule has 2 N–H and O–H groups in total. The highest BCUT2D eigenvalue weighted by Crippen LogP contribution is 2.41. The zero-order chi connectivity index (χ0) is 14.5. The monoisotopic (exact) mass is 422 g/mol. The van der Waals surface area contributed by atoms with Crippen molar-refractivity contribution in [2.75, 3.05) is 12.3 Å². The average molecular weight is 424 g/mol. The van der Waals surface area contributed by atoms with Gasteiger partial charge in [0.15, 0.2) is 0 Å². The minimum absolute atomic E-state index is 0.178. The van der Waals surface area contributed by atoms with E-state index in [1.54, 1.807) is 16.4 Å². The van der Waals surface area contributed by atoms with Gasteiger partial charge in [-0.25, -0.2) is 8.42 Å². The molecule has 110 valence electrons. The van der Waals surface area contributed by atoms with E-state index in [1.807, 2.05) is 0 Å². The molecule has 1 aromatic carbocycles. The Kier molecular flexibility index (Phi) is 3.90. The summed E-state index contributed by atoms with van der Waals surface area (Å²) < 4.78 is 28.6. The van der Waals surface area contributed by atoms with Crippen LogP contribution in [0.4, 0.5) is 5.69 Å². The molecule has 0 bridgehead atoms. The number of sulfonamides is 1. The Balaban J connectivity index is 2.01. The van der Waals surface area contributed by atoms with E-state index in [1.165, 1.54) is 0 Å². The van der Waals surface area contributed by atoms with Crippen LogP contribution in [0.15, 0.2) is 26.0 Å². The minimum atomic E-state index is -3.49. The summed E-state index contributed by atoms with van der Waals surface area (Å²) in [7, 11) is -3.49. The Morgan fingerprint density at radius 1 is 1.15 bits per heavy atom. The average Bonchev–Trinajstić information content (AvgIpc) is 3.18. The van der Waals surface area contributed by atoms with Gasteiger partial charge >= 0.3 is 0 Å². The van der Waals surface area contributed by atoms with Crippen molar-refractivity contribution in [3.05, 3.63) is 21.1 Å². The van der Waals surface area contributed by atoms with E-state index in [-0.39, 0.29) is 6.04 Å². The molecule has 4 nitrogen and oxygen atoms in total. The second-order valence-corrected chi connectivity index (χ2v) is 9.10. The molecule has 0 amide bonds. The number of nitrogens with zero attached hydrogens (tertiary/aromatic N) is 1. The van der Waals surface area contributed by atoms with Crippen LogP contribution in [-0.4, -0.2) is 25.3 Å². The summed E-state index contributed by atoms with van der Waals surface area (Å²) in [6, 6.07) is 3.46. The Labute approximate surface area is 136 Å². The summed E-state index contributed by atoms with van der Waals surface area (Å²) in [6.45, 7) is 0.649. The molecule has 0 radical (unpaired) electrons. The van der Waals surface area contributed by atoms with Crippen molar-refractivity contribution in [2.45, 2.75) is 36.6 Å². The van der Waals surface area contributed by atoms with Crippen LogP contribution in [0.5, 0.6) is 0 Å². The molecule has 0 unspecified atom stereocenters. The van der Waals surface area contributed by atoms with Crippen molar-refractivity contribution in [2.24, 2.45) is 5.92 Å². The molecule has 0 heterocycles. The lowest BCUT2D eigenvalue weighted by Crippen LogP contribution is -2.35. The maximum Gasteiger partial charge on any atom is 0.245 e. The van der Waals surface area contributed by atoms with Crippen LogP contribution in [-0.2, 0) is 10.0 Å². The van der Waals surface area contributed by atoms with Crippen molar-refractivity contribution >= 4 is 47.6 Å². The topological polar surface area (TPSA) is 63.4 Å². The number of anilines is 1. The molecule has 0 atom stereocenters. The first kappa shape index (κ1) is 14.8. The Morgan fingerprint density at radius 3 is 2.15 bits per heavy atom. The molecule has 0 aliphatic heterocycles. The lowest BCUT2D eigenvalue weighted by atomic mass is 10.3. The predicted octanol–water partition coefficient (Wildman–Crippen LogP) is 3.36. The van der Waals surface area contributed by atoms with Crippen LogP contribution >= 0.6 is 31.9 Å². The van der Waals surface area contributed by atoms with Crippen LogP contribution in [0.2, 0.25) is 0 Å². The van der Waals surface area contributed by atoms with Crippen LogP contribution < -0.4 is 5.73 Å². The Morgan fingerprint density at radius 2 is 1.70 bits per heavy atom. The highest BCUT2D eigenvalue weighted by Gasteiger charge is 2.42. The number of hydrogen-bond acceptors (Lipinski definition) is 3. The van der Waals surface area contributed by atoms with Crippen LogP contribution in [0.1, 0.15) is 25.7 Å². The normalized spacial score (nSPS) is 19.6. The van der Waals surface area contributed by atoms with Crippen molar-refractivity contribution in [3.63, 3.8) is 0 Å². The molecule has 0 saturated heterocycles. The highest BCUT2D eigenvalue weighted by atomic mass is 79.9. The molecule has 2 fully saturated rings. The highest BCUT2D eigenvalue weighted by molar-refractivity contribution is 9.11. The molecule has 3 rings (SSSR count). The van der Waals surface area contributed by atoms with Crippen LogP contribution in [0, 0.1) is 5.92 Å². The maximum absolute atomic E-state index is 13.0. The van der Waals surface area contributed by atoms with E-state index >= 15 is 0 Å². The van der Waals surface area contributed by atoms with Gasteiger partial charge in [0.1, 0.15) is 4.90 Å². The molecule has 2 saturated carbocycles. The van der Waals surface area contributed by atoms with Crippen molar-refractivity contribution < 1.29 is 8.42 Å². The summed E-state index contributed by atoms with van der Waals surface area (Å²) in [6.07, 6.45) is 4.22. The summed E-state index contributed by atoms with van der Waals surface area (Å²) in [5, 5.41) is 0. The zero-order valence-corrected chi connectivity index (χ0v) is 14.8. The summed E-state index contributed by atoms with van der Waals surface area (Å²) >= 11 is 6.68. The molecule has 7 heteroatoms. The Bertz CT molecular complexity index is 617. The third-order valence-electron chi connectivity index (χ3n) is 3.68. The van der Waals surface area contributed by atoms with Crippen LogP contribution in [0.3, 0.4) is 0 Å². The summed E-state index contributed by atoms with van der Waals surface area (Å²) in [5.74, 6) is 0.539. The van der Waals surface area contributed by atoms with Gasteiger partial charge in [-0.05, 0) is 75.6 Å². The SMILES string of the molecule is Nc1cc(Br)c(S(=O)(=O)N(CC2CC2)C2CC2)c(Br)c1. The van der Waals surface area contributed by atoms with Crippen molar-refractivity contribution in [1.29, 1.82) is 0 Å². The molecular weight excluding hydrogens is 408 g/mol. The van der Waals surface area contributed by atoms with E-state index in [2.05, 4.69) is 31.9 Å². The number of benzene rings is 1. The summed E-state index contributed by atoms with van der Waals surface area (Å²) in [5.41, 5.74) is 6.27. The first-order chi connectivity index (χ1) is 9.39. The first-order valence-corrected chi connectivity index (χ1v) is 9.68. The predicted molar refractivity (Wildman–Crippen MR) is 85.9 cm³/mol. The largest absolute Gasteiger partial charge is 0.399 e. The smallest absolute Gasteiger partial charge is 0.245 e. The third-order valence-corrected chi connectivity index (χ3v) is 7.47. The third kappa shape index (κ3) is 2.91. The van der Waals surface area contributed by atoms with Gasteiger partial charge < -0.3 is 5.73 Å². The van der Waals surface area contributed by atoms with Gasteiger partial charge in [0.25, 0.3) is 0 Å². The molecule has 0 aromatic heterocycles. The van der Waals surface area contributed by atoms with E-state index in [0.717, 1.165) is 25.7 Å². The van der Waals surface area contributed by atoms with Gasteiger partial charge in [0.05, 0.1) is 0 Å². The molecule has 1 aromatic rings. The standard InChI is InChI=1S/C13H16Br2N2O2S/c14-11-5-9(16)6-12(15)13(11)20(18,19)17(10-3-4-10)7-8-1-2-8/h5-6,8,10H,1-4,7,16H2. The van der Waals surface area contributed by atoms with Crippen molar-refractivity contribution in [1.82, 2.24) is 4.31 Å². The second-order valence-electron chi connectivity index (χ2n) is 5.56. The maximum atomic E-state index is 13.0. The lowest BCUT2D eigenvalue weighted by molar-refractivity contribution is 0.388. The van der Waals surface area contributed by atoms with Gasteiger partial charge in [-0.1, -0.05) is 0 Å². The van der Waals surface area contributed by atoms with E-state index in [4.69, 9.17) is 5.73 Å². The molecular formula is C13H16Br2N2O2S. The fourth-order valence-corrected chi connectivity index (χ4v) is 6.61. The zero-order valence-electron chi connectivity index (χ0n) is 10.9. The quantitative estimate of drug-likeness (QED) is 0.738. The molecule has 0 spiro atoms. The number of hydrogen-bond donors (Lipinski definition) is 1. The fourth-order valence-electron chi connectivity index (χ4n) is 2.30. The van der Waals surface area contributed by atoms with Crippen LogP contribution in [0.25, 0.3) is 0 Å². The number of halogens is 2. The van der Waals surface area contributed by atoms with Gasteiger partial charge in [0, 0.05) is 27.2 Å². The van der Waals surface area contributed by atoms with E-state index < -0.39 is 10.0 Å².